The normalized spacial score (nSPS) is 10.9. The number of unbranched alkanes of at least 4 members (excludes halogenated alkanes) is 1. The molecule has 7 heterocycles. The minimum atomic E-state index is -0.682. The first-order valence-electron chi connectivity index (χ1n) is 41.3. The SMILES string of the molecule is C1CCOC1.C=CC(=O)Cc1cccc(N)c1.C=CC(=O)Nc1cccc(N2C(=O)Cc3cnc(Nc4ccc(F)cc4)nc32)c1.C=CC(=O)Nc1cccc(Nc2nc(Cl)ncc2[N+](=O)[O-])c1.C=CC(=O)Nc1cccc(Nc2nc(Nc3ccc(F)cc3)ncc2N)c1.C=CC(=O)Nc1cccc(Nc2nc(Nc3ccc(F)cc3)ncc2[N+](=O)[O-])c1.CCCCO.O=[N+]([O-])c1cnc(Cl)nc1Cl. The third-order valence-electron chi connectivity index (χ3n) is 17.7. The molecular weight excluding hydrogens is 1880 g/mol. The number of carbonyl (C=O) groups is 6. The zero-order valence-corrected chi connectivity index (χ0v) is 76.4. The number of nitrogens with zero attached hydrogens (tertiary/aromatic N) is 14. The van der Waals surface area contributed by atoms with Gasteiger partial charge in [0.1, 0.15) is 41.9 Å². The Bertz CT molecular complexity index is 6580. The van der Waals surface area contributed by atoms with E-state index in [1.54, 1.807) is 140 Å². The van der Waals surface area contributed by atoms with Crippen molar-refractivity contribution in [3.63, 3.8) is 0 Å². The molecule has 1 saturated heterocycles. The molecule has 0 aliphatic carbocycles. The average molecular weight is 1970 g/mol. The summed E-state index contributed by atoms with van der Waals surface area (Å²) in [7, 11) is 0. The first-order valence-corrected chi connectivity index (χ1v) is 42.4. The van der Waals surface area contributed by atoms with Crippen LogP contribution in [-0.4, -0.2) is 125 Å². The number of nitrogen functional groups attached to an aromatic ring is 2. The van der Waals surface area contributed by atoms with Crippen LogP contribution in [0.4, 0.5) is 145 Å². The maximum absolute atomic E-state index is 13.1. The molecule has 2 aliphatic heterocycles. The highest BCUT2D eigenvalue weighted by Crippen LogP contribution is 2.37. The second kappa shape index (κ2) is 55.7. The fourth-order valence-corrected chi connectivity index (χ4v) is 11.7. The van der Waals surface area contributed by atoms with E-state index in [1.165, 1.54) is 90.7 Å². The van der Waals surface area contributed by atoms with E-state index >= 15 is 0 Å². The molecule has 13 aromatic rings. The summed E-state index contributed by atoms with van der Waals surface area (Å²) >= 11 is 16.3. The van der Waals surface area contributed by atoms with Crippen molar-refractivity contribution in [3.05, 3.63) is 363 Å². The number of nitro groups is 3. The Morgan fingerprint density at radius 1 is 0.457 bits per heavy atom. The van der Waals surface area contributed by atoms with Crippen LogP contribution >= 0.6 is 34.8 Å². The molecule has 5 aromatic heterocycles. The summed E-state index contributed by atoms with van der Waals surface area (Å²) < 4.78 is 44.1. The van der Waals surface area contributed by atoms with E-state index in [0.29, 0.717) is 110 Å². The first-order chi connectivity index (χ1) is 67.2. The molecule has 0 spiro atoms. The average Bonchev–Trinajstić information content (AvgIpc) is 1.63. The molecule has 2 aliphatic rings. The number of aliphatic hydroxyl groups excluding tert-OH is 1. The number of halogens is 6. The van der Waals surface area contributed by atoms with Gasteiger partial charge in [0.15, 0.2) is 11.6 Å². The van der Waals surface area contributed by atoms with Gasteiger partial charge in [0.25, 0.3) is 0 Å². The van der Waals surface area contributed by atoms with Gasteiger partial charge in [-0.25, -0.2) is 38.1 Å². The fourth-order valence-electron chi connectivity index (χ4n) is 11.2. The van der Waals surface area contributed by atoms with Crippen molar-refractivity contribution >= 4 is 202 Å². The number of ketones is 1. The third kappa shape index (κ3) is 36.5. The van der Waals surface area contributed by atoms with Crippen molar-refractivity contribution < 1.29 is 66.6 Å². The minimum absolute atomic E-state index is 0.0144. The maximum Gasteiger partial charge on any atom is 0.329 e. The van der Waals surface area contributed by atoms with Crippen LogP contribution < -0.4 is 69.5 Å². The van der Waals surface area contributed by atoms with Gasteiger partial charge in [0.05, 0.1) is 38.8 Å². The Labute approximate surface area is 812 Å². The Morgan fingerprint density at radius 3 is 1.25 bits per heavy atom. The number of nitrogens with two attached hydrogens (primary N) is 2. The zero-order chi connectivity index (χ0) is 102. The van der Waals surface area contributed by atoms with Gasteiger partial charge >= 0.3 is 17.1 Å². The lowest BCUT2D eigenvalue weighted by molar-refractivity contribution is -0.385. The van der Waals surface area contributed by atoms with Crippen molar-refractivity contribution in [3.8, 4) is 0 Å². The van der Waals surface area contributed by atoms with Gasteiger partial charge in [-0.3, -0.25) is 64.0 Å². The lowest BCUT2D eigenvalue weighted by Crippen LogP contribution is -2.22. The number of aliphatic hydroxyl groups is 1. The molecule has 0 bridgehead atoms. The number of nitrogens with one attached hydrogen (secondary N) is 10. The topological polar surface area (TPSA) is 566 Å². The molecule has 1 fully saturated rings. The van der Waals surface area contributed by atoms with Gasteiger partial charge in [-0.05, 0) is 236 Å². The van der Waals surface area contributed by atoms with Crippen molar-refractivity contribution in [1.82, 2.24) is 49.8 Å². The quantitative estimate of drug-likeness (QED) is 0.00517. The van der Waals surface area contributed by atoms with Crippen molar-refractivity contribution in [2.24, 2.45) is 0 Å². The van der Waals surface area contributed by atoms with E-state index in [0.717, 1.165) is 62.4 Å². The minimum Gasteiger partial charge on any atom is -0.399 e. The summed E-state index contributed by atoms with van der Waals surface area (Å²) in [5.41, 5.74) is 19.2. The molecule has 15 rings (SSSR count). The van der Waals surface area contributed by atoms with E-state index in [1.807, 2.05) is 12.1 Å². The van der Waals surface area contributed by atoms with Crippen LogP contribution in [0.15, 0.2) is 288 Å². The number of carbonyl (C=O) groups excluding carboxylic acids is 6. The molecule has 40 nitrogen and oxygen atoms in total. The highest BCUT2D eigenvalue weighted by atomic mass is 35.5. The molecule has 0 saturated carbocycles. The number of amides is 5. The molecule has 15 N–H and O–H groups in total. The van der Waals surface area contributed by atoms with Crippen LogP contribution in [0, 0.1) is 47.8 Å². The van der Waals surface area contributed by atoms with Crippen LogP contribution in [0.1, 0.15) is 43.7 Å². The number of hydrogen-bond donors (Lipinski definition) is 13. The summed E-state index contributed by atoms with van der Waals surface area (Å²) in [5.74, 6) is -1.19. The number of ether oxygens (including phenoxy) is 1. The maximum atomic E-state index is 13.1. The van der Waals surface area contributed by atoms with Gasteiger partial charge in [-0.15, -0.1) is 0 Å². The van der Waals surface area contributed by atoms with Gasteiger partial charge < -0.3 is 74.5 Å². The lowest BCUT2D eigenvalue weighted by atomic mass is 10.1. The highest BCUT2D eigenvalue weighted by Gasteiger charge is 2.32. The number of allylic oxidation sites excluding steroid dienone is 1. The Kier molecular flexibility index (Phi) is 42.7. The molecule has 46 heteroatoms. The Morgan fingerprint density at radius 2 is 0.843 bits per heavy atom. The van der Waals surface area contributed by atoms with Gasteiger partial charge in [-0.2, -0.15) is 24.9 Å². The van der Waals surface area contributed by atoms with Gasteiger partial charge in [0.2, 0.25) is 74.7 Å². The molecule has 5 amide bonds. The molecule has 720 valence electrons. The number of benzene rings is 8. The number of hydrogen-bond acceptors (Lipinski definition) is 32. The van der Waals surface area contributed by atoms with E-state index in [4.69, 9.17) is 56.1 Å². The summed E-state index contributed by atoms with van der Waals surface area (Å²) in [5, 5.41) is 68.0. The second-order valence-electron chi connectivity index (χ2n) is 28.2. The van der Waals surface area contributed by atoms with E-state index in [9.17, 15) is 72.3 Å². The number of rotatable bonds is 29. The van der Waals surface area contributed by atoms with E-state index < -0.39 is 20.6 Å². The Hall–Kier alpha value is -17.9. The van der Waals surface area contributed by atoms with Crippen LogP contribution in [0.25, 0.3) is 0 Å². The predicted molar refractivity (Wildman–Crippen MR) is 532 cm³/mol. The van der Waals surface area contributed by atoms with Crippen LogP contribution in [0.5, 0.6) is 0 Å². The van der Waals surface area contributed by atoms with Crippen molar-refractivity contribution in [1.29, 1.82) is 0 Å². The molecule has 0 atom stereocenters. The number of anilines is 20. The molecule has 140 heavy (non-hydrogen) atoms. The van der Waals surface area contributed by atoms with Crippen molar-refractivity contribution in [2.45, 2.75) is 45.4 Å². The smallest absolute Gasteiger partial charge is 0.329 e. The van der Waals surface area contributed by atoms with Gasteiger partial charge in [0, 0.05) is 101 Å². The van der Waals surface area contributed by atoms with Crippen LogP contribution in [0.2, 0.25) is 15.7 Å². The van der Waals surface area contributed by atoms with Crippen LogP contribution in [0.3, 0.4) is 0 Å². The lowest BCUT2D eigenvalue weighted by Gasteiger charge is -2.18. The number of aromatic nitrogens is 10. The van der Waals surface area contributed by atoms with E-state index in [2.05, 4.69) is 143 Å². The van der Waals surface area contributed by atoms with E-state index in [-0.39, 0.29) is 110 Å². The molecular formula is C94H88Cl3F3N26O14. The standard InChI is InChI=1S/C21H16FN5O2.C19H15FN6O3.C19H17FN6O.C13H10ClN5O3.C10H11NO.C4HCl2N3O2.C4H8O.C4H10O/c1-2-18(28)24-16-4-3-5-17(11-16)27-19(29)10-13-12-23-21(26-20(13)27)25-15-8-6-14(22)7-9-15;1-2-17(27)22-14-4-3-5-15(10-14)23-18-16(26(28)29)11-21-19(25-18)24-13-8-6-12(20)7-9-13;1-2-17(27)23-14-4-3-5-15(10-14)24-18-16(21)11-22-19(26-18)25-13-8-6-12(20)7-9-13;1-2-11(20)16-8-4-3-5-9(6-8)17-12-10(19(21)22)7-15-13(14)18-12;1-2-10(12)7-8-4-3-5-9(11)6-8;5-3-2(9(10)11)1-7-4(6)8-3;1-2-4-5-3-1;1-2-3-4-5/h2-9,11-12H,1,10H2,(H,24,28)(H,23,25,26);2-11H,1H2,(H,22,27)(H2,21,23,24,25);2-11H,1,21H2,(H,23,27)(H2,22,24,25,26);2-7H,1H2,(H,16,20)(H,15,17,18);2-6H,1,7,11H2;1H;1-4H2;5H,2-4H2,1H3. The predicted octanol–water partition coefficient (Wildman–Crippen LogP) is 19.4. The molecule has 0 radical (unpaired) electrons. The summed E-state index contributed by atoms with van der Waals surface area (Å²) in [6, 6.07) is 51.5. The van der Waals surface area contributed by atoms with Crippen molar-refractivity contribution in [2.75, 3.05) is 89.4 Å². The first kappa shape index (κ1) is 107. The zero-order valence-electron chi connectivity index (χ0n) is 74.1. The van der Waals surface area contributed by atoms with Gasteiger partial charge in [-0.1, -0.05) is 94.2 Å². The second-order valence-corrected chi connectivity index (χ2v) is 29.2. The molecule has 8 aromatic carbocycles. The molecule has 0 unspecified atom stereocenters. The summed E-state index contributed by atoms with van der Waals surface area (Å²) in [4.78, 5) is 141. The monoisotopic (exact) mass is 1970 g/mol. The summed E-state index contributed by atoms with van der Waals surface area (Å²) in [6.07, 6.45) is 17.2. The van der Waals surface area contributed by atoms with Crippen LogP contribution in [-0.2, 0) is 46.3 Å². The number of fused-ring (bicyclic) bond motifs is 1. The third-order valence-corrected chi connectivity index (χ3v) is 18.4. The Balaban J connectivity index is 0.000000207. The summed E-state index contributed by atoms with van der Waals surface area (Å²) in [6.45, 7) is 21.4. The highest BCUT2D eigenvalue weighted by molar-refractivity contribution is 6.33. The fraction of sp³-hybridized carbons (Fsp3) is 0.106. The largest absolute Gasteiger partial charge is 0.399 e.